The van der Waals surface area contributed by atoms with Crippen molar-refractivity contribution in [3.05, 3.63) is 59.7 Å². The summed E-state index contributed by atoms with van der Waals surface area (Å²) >= 11 is 0. The number of aromatic nitrogens is 1. The third kappa shape index (κ3) is 6.02. The number of nitrogens with zero attached hydrogens (tertiary/aromatic N) is 3. The van der Waals surface area contributed by atoms with Crippen LogP contribution in [-0.2, 0) is 13.1 Å². The molecule has 0 aliphatic carbocycles. The van der Waals surface area contributed by atoms with Crippen LogP contribution in [0.2, 0.25) is 0 Å². The Labute approximate surface area is 196 Å². The van der Waals surface area contributed by atoms with Crippen molar-refractivity contribution in [2.75, 3.05) is 13.7 Å². The fraction of sp³-hybridized carbons (Fsp3) is 0.538. The number of urea groups is 1. The number of carbonyl (C=O) groups excluding carboxylic acids is 1. The molecule has 2 amide bonds. The van der Waals surface area contributed by atoms with Crippen molar-refractivity contribution in [1.29, 1.82) is 0 Å². The zero-order valence-corrected chi connectivity index (χ0v) is 19.8. The number of hydrogen-bond donors (Lipinski definition) is 1. The third-order valence-electron chi connectivity index (χ3n) is 6.85. The van der Waals surface area contributed by atoms with Crippen LogP contribution in [0, 0.1) is 11.7 Å². The maximum Gasteiger partial charge on any atom is 0.318 e. The fourth-order valence-electron chi connectivity index (χ4n) is 4.92. The van der Waals surface area contributed by atoms with Crippen molar-refractivity contribution in [1.82, 2.24) is 20.1 Å². The number of rotatable bonds is 8. The van der Waals surface area contributed by atoms with Gasteiger partial charge in [0.05, 0.1) is 25.0 Å². The minimum absolute atomic E-state index is 0.102. The first kappa shape index (κ1) is 23.5. The van der Waals surface area contributed by atoms with Gasteiger partial charge in [0.15, 0.2) is 0 Å². The molecule has 1 aromatic heterocycles. The molecule has 2 aliphatic heterocycles. The van der Waals surface area contributed by atoms with Gasteiger partial charge in [0.2, 0.25) is 0 Å². The van der Waals surface area contributed by atoms with E-state index in [1.54, 1.807) is 6.07 Å². The topological polar surface area (TPSA) is 57.7 Å². The molecule has 178 valence electrons. The molecule has 3 heterocycles. The van der Waals surface area contributed by atoms with Crippen LogP contribution in [0.1, 0.15) is 50.8 Å². The lowest BCUT2D eigenvalue weighted by Gasteiger charge is -2.41. The van der Waals surface area contributed by atoms with Gasteiger partial charge in [0.1, 0.15) is 11.6 Å². The summed E-state index contributed by atoms with van der Waals surface area (Å²) in [6.45, 7) is 5.73. The van der Waals surface area contributed by atoms with Gasteiger partial charge in [-0.1, -0.05) is 26.0 Å². The van der Waals surface area contributed by atoms with Crippen molar-refractivity contribution in [2.45, 2.75) is 70.7 Å². The van der Waals surface area contributed by atoms with E-state index in [2.05, 4.69) is 36.1 Å². The van der Waals surface area contributed by atoms with Gasteiger partial charge in [-0.2, -0.15) is 0 Å². The summed E-state index contributed by atoms with van der Waals surface area (Å²) in [5.74, 6) is 0.942. The number of benzene rings is 1. The summed E-state index contributed by atoms with van der Waals surface area (Å²) < 4.78 is 19.1. The van der Waals surface area contributed by atoms with Gasteiger partial charge < -0.3 is 19.9 Å². The van der Waals surface area contributed by atoms with Crippen LogP contribution in [0.3, 0.4) is 0 Å². The van der Waals surface area contributed by atoms with E-state index in [9.17, 15) is 9.18 Å². The quantitative estimate of drug-likeness (QED) is 0.634. The lowest BCUT2D eigenvalue weighted by Crippen LogP contribution is -2.52. The second-order valence-corrected chi connectivity index (χ2v) is 9.78. The summed E-state index contributed by atoms with van der Waals surface area (Å²) in [5, 5.41) is 3.09. The van der Waals surface area contributed by atoms with Crippen LogP contribution in [0.4, 0.5) is 9.18 Å². The molecule has 6 nitrogen and oxygen atoms in total. The number of pyridine rings is 1. The lowest BCUT2D eigenvalue weighted by atomic mass is 9.96. The maximum atomic E-state index is 13.3. The smallest absolute Gasteiger partial charge is 0.318 e. The maximum absolute atomic E-state index is 13.3. The standard InChI is InChI=1S/C26H35FN4O2/c1-18(2)17-33-25-10-4-19(5-11-25)14-29-26(32)31(16-21-7-6-20(27)15-28-21)24-12-22-8-9-23(13-24)30(22)3/h4-7,10-11,15,18,22-24H,8-9,12-14,16-17H2,1-3H3,(H,29,32)/t22-,23+,24?. The van der Waals surface area contributed by atoms with Crippen molar-refractivity contribution in [3.63, 3.8) is 0 Å². The highest BCUT2D eigenvalue weighted by molar-refractivity contribution is 5.74. The Morgan fingerprint density at radius 3 is 2.48 bits per heavy atom. The highest BCUT2D eigenvalue weighted by atomic mass is 19.1. The van der Waals surface area contributed by atoms with E-state index in [1.165, 1.54) is 25.1 Å². The number of piperidine rings is 1. The van der Waals surface area contributed by atoms with Crippen molar-refractivity contribution < 1.29 is 13.9 Å². The highest BCUT2D eigenvalue weighted by Gasteiger charge is 2.41. The monoisotopic (exact) mass is 454 g/mol. The number of carbonyl (C=O) groups is 1. The Morgan fingerprint density at radius 2 is 1.88 bits per heavy atom. The predicted molar refractivity (Wildman–Crippen MR) is 126 cm³/mol. The van der Waals surface area contributed by atoms with Crippen LogP contribution in [-0.4, -0.2) is 52.6 Å². The summed E-state index contributed by atoms with van der Waals surface area (Å²) in [7, 11) is 2.19. The highest BCUT2D eigenvalue weighted by Crippen LogP contribution is 2.36. The van der Waals surface area contributed by atoms with E-state index >= 15 is 0 Å². The van der Waals surface area contributed by atoms with E-state index in [0.29, 0.717) is 43.4 Å². The second kappa shape index (κ2) is 10.5. The minimum Gasteiger partial charge on any atom is -0.493 e. The average Bonchev–Trinajstić information content (AvgIpc) is 3.01. The number of hydrogen-bond acceptors (Lipinski definition) is 4. The molecule has 2 saturated heterocycles. The number of ether oxygens (including phenoxy) is 1. The zero-order valence-electron chi connectivity index (χ0n) is 19.8. The van der Waals surface area contributed by atoms with Crippen molar-refractivity contribution in [3.8, 4) is 5.75 Å². The van der Waals surface area contributed by atoms with E-state index in [-0.39, 0.29) is 17.9 Å². The number of nitrogens with one attached hydrogen (secondary N) is 1. The van der Waals surface area contributed by atoms with Crippen molar-refractivity contribution >= 4 is 6.03 Å². The van der Waals surface area contributed by atoms with Crippen LogP contribution in [0.15, 0.2) is 42.6 Å². The van der Waals surface area contributed by atoms with Gasteiger partial charge in [-0.15, -0.1) is 0 Å². The molecule has 0 spiro atoms. The van der Waals surface area contributed by atoms with E-state index < -0.39 is 0 Å². The normalized spacial score (nSPS) is 22.4. The van der Waals surface area contributed by atoms with Gasteiger partial charge in [-0.25, -0.2) is 9.18 Å². The molecule has 2 bridgehead atoms. The molecule has 0 saturated carbocycles. The molecular weight excluding hydrogens is 419 g/mol. The van der Waals surface area contributed by atoms with Gasteiger partial charge in [0.25, 0.3) is 0 Å². The largest absolute Gasteiger partial charge is 0.493 e. The van der Waals surface area contributed by atoms with Gasteiger partial charge in [-0.05, 0) is 68.5 Å². The molecule has 2 fully saturated rings. The van der Waals surface area contributed by atoms with Crippen LogP contribution in [0.5, 0.6) is 5.75 Å². The summed E-state index contributed by atoms with van der Waals surface area (Å²) in [6.07, 6.45) is 5.51. The Hall–Kier alpha value is -2.67. The fourth-order valence-corrected chi connectivity index (χ4v) is 4.92. The summed E-state index contributed by atoms with van der Waals surface area (Å²) in [5.41, 5.74) is 1.72. The second-order valence-electron chi connectivity index (χ2n) is 9.78. The molecule has 1 N–H and O–H groups in total. The first-order valence-corrected chi connectivity index (χ1v) is 12.0. The van der Waals surface area contributed by atoms with Crippen molar-refractivity contribution in [2.24, 2.45) is 5.92 Å². The van der Waals surface area contributed by atoms with E-state index in [4.69, 9.17) is 4.74 Å². The number of fused-ring (bicyclic) bond motifs is 2. The van der Waals surface area contributed by atoms with Gasteiger partial charge >= 0.3 is 6.03 Å². The first-order valence-electron chi connectivity index (χ1n) is 12.0. The molecule has 7 heteroatoms. The molecule has 1 aromatic carbocycles. The molecule has 1 unspecified atom stereocenters. The van der Waals surface area contributed by atoms with Gasteiger partial charge in [-0.3, -0.25) is 4.98 Å². The molecule has 3 atom stereocenters. The molecular formula is C26H35FN4O2. The van der Waals surface area contributed by atoms with Crippen LogP contribution >= 0.6 is 0 Å². The molecule has 33 heavy (non-hydrogen) atoms. The SMILES string of the molecule is CC(C)COc1ccc(CNC(=O)N(Cc2ccc(F)cn2)C2C[C@H]3CC[C@@H](C2)N3C)cc1. The van der Waals surface area contributed by atoms with Gasteiger partial charge in [0, 0.05) is 24.7 Å². The Balaban J connectivity index is 1.41. The van der Waals surface area contributed by atoms with E-state index in [1.807, 2.05) is 29.2 Å². The minimum atomic E-state index is -0.368. The van der Waals surface area contributed by atoms with Crippen LogP contribution in [0.25, 0.3) is 0 Å². The summed E-state index contributed by atoms with van der Waals surface area (Å²) in [4.78, 5) is 21.9. The third-order valence-corrected chi connectivity index (χ3v) is 6.85. The number of halogens is 1. The Bertz CT molecular complexity index is 905. The Kier molecular flexibility index (Phi) is 7.48. The average molecular weight is 455 g/mol. The first-order chi connectivity index (χ1) is 15.9. The van der Waals surface area contributed by atoms with Crippen LogP contribution < -0.4 is 10.1 Å². The summed E-state index contributed by atoms with van der Waals surface area (Å²) in [6, 6.07) is 12.0. The molecule has 0 radical (unpaired) electrons. The lowest BCUT2D eigenvalue weighted by molar-refractivity contribution is 0.0860. The Morgan fingerprint density at radius 1 is 1.18 bits per heavy atom. The number of amides is 2. The van der Waals surface area contributed by atoms with E-state index in [0.717, 1.165) is 24.2 Å². The predicted octanol–water partition coefficient (Wildman–Crippen LogP) is 4.59. The molecule has 4 rings (SSSR count). The molecule has 2 aromatic rings. The molecule has 2 aliphatic rings. The zero-order chi connectivity index (χ0) is 23.4.